The summed E-state index contributed by atoms with van der Waals surface area (Å²) >= 11 is 0. The number of rotatable bonds is 2. The smallest absolute Gasteiger partial charge is 0.385 e. The van der Waals surface area contributed by atoms with Crippen molar-refractivity contribution in [3.05, 3.63) is 0 Å². The molecule has 0 N–H and O–H groups in total. The molecule has 0 fully saturated rings. The summed E-state index contributed by atoms with van der Waals surface area (Å²) < 4.78 is 8.62. The van der Waals surface area contributed by atoms with Crippen LogP contribution in [0.25, 0.3) is 0 Å². The zero-order chi connectivity index (χ0) is 11.8. The van der Waals surface area contributed by atoms with Crippen molar-refractivity contribution in [2.45, 2.75) is 0 Å². The van der Waals surface area contributed by atoms with Crippen LogP contribution in [0, 0.1) is 11.8 Å². The molecule has 0 saturated heterocycles. The van der Waals surface area contributed by atoms with Gasteiger partial charge in [0.05, 0.1) is 7.11 Å². The van der Waals surface area contributed by atoms with Gasteiger partial charge >= 0.3 is 11.9 Å². The van der Waals surface area contributed by atoms with Crippen molar-refractivity contribution in [1.29, 1.82) is 0 Å². The van der Waals surface area contributed by atoms with Gasteiger partial charge in [-0.1, -0.05) is 0 Å². The van der Waals surface area contributed by atoms with E-state index in [4.69, 9.17) is 0 Å². The van der Waals surface area contributed by atoms with Crippen LogP contribution in [0.5, 0.6) is 0 Å². The van der Waals surface area contributed by atoms with Crippen LogP contribution < -0.4 is 0 Å². The summed E-state index contributed by atoms with van der Waals surface area (Å²) in [5, 5.41) is 0. The predicted molar refractivity (Wildman–Crippen MR) is 49.4 cm³/mol. The topological polar surface area (TPSA) is 72.9 Å². The molecule has 0 spiro atoms. The van der Waals surface area contributed by atoms with E-state index in [2.05, 4.69) is 9.47 Å². The lowest BCUT2D eigenvalue weighted by Gasteiger charge is -2.08. The fourth-order valence-electron chi connectivity index (χ4n) is 0.446. The molecule has 0 atom stereocenters. The Kier molecular flexibility index (Phi) is 5.56. The number of methoxy groups -OCH3 is 1. The Bertz CT molecular complexity index is 323. The standard InChI is InChI=1S/C9H11NO5/c1-10(2)7(11)6-15-9(13)5-4-8(12)14-3/h6H2,1-3H3. The van der Waals surface area contributed by atoms with E-state index < -0.39 is 18.5 Å². The predicted octanol–water partition coefficient (Wildman–Crippen LogP) is -1.21. The summed E-state index contributed by atoms with van der Waals surface area (Å²) in [6.07, 6.45) is 0. The first-order valence-corrected chi connectivity index (χ1v) is 3.94. The normalized spacial score (nSPS) is 8.20. The Balaban J connectivity index is 3.99. The molecule has 82 valence electrons. The monoisotopic (exact) mass is 213 g/mol. The Hall–Kier alpha value is -2.03. The van der Waals surface area contributed by atoms with Gasteiger partial charge in [-0.2, -0.15) is 0 Å². The van der Waals surface area contributed by atoms with Crippen molar-refractivity contribution in [2.75, 3.05) is 27.8 Å². The second kappa shape index (κ2) is 6.43. The number of esters is 2. The summed E-state index contributed by atoms with van der Waals surface area (Å²) in [4.78, 5) is 33.5. The maximum Gasteiger partial charge on any atom is 0.385 e. The molecule has 1 amide bonds. The first-order chi connectivity index (χ1) is 6.97. The lowest BCUT2D eigenvalue weighted by atomic mass is 10.5. The molecule has 6 nitrogen and oxygen atoms in total. The maximum absolute atomic E-state index is 11.0. The van der Waals surface area contributed by atoms with Gasteiger partial charge in [0, 0.05) is 25.9 Å². The fourth-order valence-corrected chi connectivity index (χ4v) is 0.446. The molecule has 0 aliphatic carbocycles. The van der Waals surface area contributed by atoms with Gasteiger partial charge in [-0.05, 0) is 0 Å². The summed E-state index contributed by atoms with van der Waals surface area (Å²) in [5.74, 6) is 1.58. The van der Waals surface area contributed by atoms with Gasteiger partial charge in [-0.15, -0.1) is 0 Å². The van der Waals surface area contributed by atoms with Gasteiger partial charge in [-0.3, -0.25) is 4.79 Å². The van der Waals surface area contributed by atoms with E-state index >= 15 is 0 Å². The first kappa shape index (κ1) is 13.0. The van der Waals surface area contributed by atoms with Crippen LogP contribution in [0.15, 0.2) is 0 Å². The van der Waals surface area contributed by atoms with Crippen LogP contribution in [0.3, 0.4) is 0 Å². The van der Waals surface area contributed by atoms with Crippen LogP contribution in [0.4, 0.5) is 0 Å². The van der Waals surface area contributed by atoms with Crippen molar-refractivity contribution in [3.63, 3.8) is 0 Å². The highest BCUT2D eigenvalue weighted by molar-refractivity contribution is 5.98. The third-order valence-electron chi connectivity index (χ3n) is 1.28. The van der Waals surface area contributed by atoms with Gasteiger partial charge in [0.25, 0.3) is 5.91 Å². The highest BCUT2D eigenvalue weighted by Gasteiger charge is 2.06. The first-order valence-electron chi connectivity index (χ1n) is 3.94. The molecule has 0 rings (SSSR count). The van der Waals surface area contributed by atoms with Crippen molar-refractivity contribution in [2.24, 2.45) is 0 Å². The lowest BCUT2D eigenvalue weighted by Crippen LogP contribution is -2.27. The van der Waals surface area contributed by atoms with E-state index in [0.717, 1.165) is 7.11 Å². The molecule has 0 aromatic heterocycles. The number of carbonyl (C=O) groups excluding carboxylic acids is 3. The molecule has 0 bridgehead atoms. The Morgan fingerprint density at radius 3 is 2.13 bits per heavy atom. The zero-order valence-corrected chi connectivity index (χ0v) is 8.70. The second-order valence-electron chi connectivity index (χ2n) is 2.61. The minimum absolute atomic E-state index is 0.372. The number of hydrogen-bond acceptors (Lipinski definition) is 5. The highest BCUT2D eigenvalue weighted by Crippen LogP contribution is 1.82. The molecule has 15 heavy (non-hydrogen) atoms. The quantitative estimate of drug-likeness (QED) is 0.327. The Morgan fingerprint density at radius 2 is 1.67 bits per heavy atom. The maximum atomic E-state index is 11.0. The van der Waals surface area contributed by atoms with Crippen LogP contribution >= 0.6 is 0 Å². The van der Waals surface area contributed by atoms with Crippen molar-refractivity contribution >= 4 is 17.8 Å². The van der Waals surface area contributed by atoms with Gasteiger partial charge < -0.3 is 14.4 Å². The SMILES string of the molecule is COC(=O)C#CC(=O)OCC(=O)N(C)C. The average molecular weight is 213 g/mol. The molecule has 0 aliphatic heterocycles. The Labute approximate surface area is 87.1 Å². The largest absolute Gasteiger partial charge is 0.459 e. The number of likely N-dealkylation sites (N-methyl/N-ethyl adjacent to an activating group) is 1. The van der Waals surface area contributed by atoms with E-state index in [0.29, 0.717) is 0 Å². The van der Waals surface area contributed by atoms with Crippen LogP contribution in [-0.4, -0.2) is 50.6 Å². The van der Waals surface area contributed by atoms with Crippen molar-refractivity contribution in [3.8, 4) is 11.8 Å². The number of carbonyl (C=O) groups is 3. The highest BCUT2D eigenvalue weighted by atomic mass is 16.5. The van der Waals surface area contributed by atoms with Crippen molar-refractivity contribution < 1.29 is 23.9 Å². The summed E-state index contributed by atoms with van der Waals surface area (Å²) in [7, 11) is 4.19. The molecular weight excluding hydrogens is 202 g/mol. The second-order valence-corrected chi connectivity index (χ2v) is 2.61. The molecule has 0 unspecified atom stereocenters. The van der Waals surface area contributed by atoms with Gasteiger partial charge in [0.2, 0.25) is 0 Å². The number of nitrogens with zero attached hydrogens (tertiary/aromatic N) is 1. The van der Waals surface area contributed by atoms with E-state index in [1.54, 1.807) is 0 Å². The molecule has 6 heteroatoms. The fraction of sp³-hybridized carbons (Fsp3) is 0.444. The summed E-state index contributed by atoms with van der Waals surface area (Å²) in [5.41, 5.74) is 0. The van der Waals surface area contributed by atoms with Gasteiger partial charge in [0.15, 0.2) is 6.61 Å². The molecular formula is C9H11NO5. The molecule has 0 saturated carbocycles. The molecule has 0 aromatic rings. The van der Waals surface area contributed by atoms with E-state index in [9.17, 15) is 14.4 Å². The number of amides is 1. The van der Waals surface area contributed by atoms with E-state index in [1.165, 1.54) is 19.0 Å². The van der Waals surface area contributed by atoms with Gasteiger partial charge in [0.1, 0.15) is 0 Å². The zero-order valence-electron chi connectivity index (χ0n) is 8.70. The van der Waals surface area contributed by atoms with E-state index in [-0.39, 0.29) is 5.91 Å². The van der Waals surface area contributed by atoms with Crippen LogP contribution in [0.1, 0.15) is 0 Å². The number of ether oxygens (including phenoxy) is 2. The third kappa shape index (κ3) is 6.10. The molecule has 0 aromatic carbocycles. The van der Waals surface area contributed by atoms with Crippen LogP contribution in [0.2, 0.25) is 0 Å². The average Bonchev–Trinajstić information content (AvgIpc) is 2.21. The van der Waals surface area contributed by atoms with Gasteiger partial charge in [-0.25, -0.2) is 9.59 Å². The summed E-state index contributed by atoms with van der Waals surface area (Å²) in [6.45, 7) is -0.401. The minimum Gasteiger partial charge on any atom is -0.459 e. The third-order valence-corrected chi connectivity index (χ3v) is 1.28. The molecule has 0 aliphatic rings. The minimum atomic E-state index is -0.949. The molecule has 0 heterocycles. The van der Waals surface area contributed by atoms with Crippen molar-refractivity contribution in [1.82, 2.24) is 4.90 Å². The Morgan fingerprint density at radius 1 is 1.13 bits per heavy atom. The number of hydrogen-bond donors (Lipinski definition) is 0. The molecule has 0 radical (unpaired) electrons. The lowest BCUT2D eigenvalue weighted by molar-refractivity contribution is -0.146. The van der Waals surface area contributed by atoms with E-state index in [1.807, 2.05) is 11.8 Å². The van der Waals surface area contributed by atoms with Crippen LogP contribution in [-0.2, 0) is 23.9 Å². The summed E-state index contributed by atoms with van der Waals surface area (Å²) in [6, 6.07) is 0.